The number of nitrogens with one attached hydrogen (secondary N) is 1. The zero-order chi connectivity index (χ0) is 28.2. The number of nitrogens with zero attached hydrogens (tertiary/aromatic N) is 3. The fraction of sp³-hybridized carbons (Fsp3) is 0.385. The number of hydrogen-bond acceptors (Lipinski definition) is 8. The van der Waals surface area contributed by atoms with Gasteiger partial charge in [-0.1, -0.05) is 36.8 Å². The van der Waals surface area contributed by atoms with Crippen LogP contribution in [0.15, 0.2) is 59.6 Å². The van der Waals surface area contributed by atoms with E-state index in [0.29, 0.717) is 37.8 Å². The smallest absolute Gasteiger partial charge is 0.394 e. The van der Waals surface area contributed by atoms with Crippen molar-refractivity contribution in [3.05, 3.63) is 65.7 Å². The van der Waals surface area contributed by atoms with Gasteiger partial charge >= 0.3 is 6.18 Å². The molecule has 2 atom stereocenters. The molecule has 0 saturated heterocycles. The summed E-state index contributed by atoms with van der Waals surface area (Å²) in [4.78, 5) is 9.94. The molecule has 9 nitrogen and oxygen atoms in total. The standard InChI is InChI=1S/C26H29F3N4O5S/c27-26(28,29)19-12-13-22-30-25(19)18-9-4-3-8-17(18)7-2-1-5-14-33(15-20(35)21(36)16-34)23-10-6-11-24(31-23)39(37,38)32-22/h3-4,6,8-13,20-21,34-36H,1-2,5,7,14-16H2,(H,30,32)/t20-,21-/m0/s1. The minimum absolute atomic E-state index is 0.113. The molecule has 210 valence electrons. The fourth-order valence-electron chi connectivity index (χ4n) is 4.40. The zero-order valence-corrected chi connectivity index (χ0v) is 21.7. The van der Waals surface area contributed by atoms with Crippen LogP contribution >= 0.6 is 0 Å². The first-order valence-corrected chi connectivity index (χ1v) is 13.9. The van der Waals surface area contributed by atoms with Crippen LogP contribution in [0.2, 0.25) is 0 Å². The van der Waals surface area contributed by atoms with Gasteiger partial charge in [0, 0.05) is 18.7 Å². The van der Waals surface area contributed by atoms with Crippen LogP contribution in [0.25, 0.3) is 11.3 Å². The summed E-state index contributed by atoms with van der Waals surface area (Å²) in [6.07, 6.45) is -5.05. The molecule has 0 radical (unpaired) electrons. The lowest BCUT2D eigenvalue weighted by Gasteiger charge is -2.28. The van der Waals surface area contributed by atoms with Gasteiger partial charge in [0.1, 0.15) is 17.7 Å². The number of aliphatic hydroxyl groups excluding tert-OH is 3. The van der Waals surface area contributed by atoms with Gasteiger partial charge < -0.3 is 20.2 Å². The second kappa shape index (κ2) is 11.9. The van der Waals surface area contributed by atoms with Gasteiger partial charge in [-0.3, -0.25) is 4.72 Å². The van der Waals surface area contributed by atoms with E-state index in [1.54, 1.807) is 29.2 Å². The molecule has 0 spiro atoms. The zero-order valence-electron chi connectivity index (χ0n) is 20.8. The van der Waals surface area contributed by atoms with E-state index in [1.807, 2.05) is 0 Å². The van der Waals surface area contributed by atoms with Crippen LogP contribution in [0.3, 0.4) is 0 Å². The predicted molar refractivity (Wildman–Crippen MR) is 139 cm³/mol. The average molecular weight is 567 g/mol. The summed E-state index contributed by atoms with van der Waals surface area (Å²) in [5.74, 6) is -0.0916. The number of aromatic nitrogens is 2. The number of alkyl halides is 3. The number of hydrogen-bond donors (Lipinski definition) is 4. The van der Waals surface area contributed by atoms with E-state index < -0.39 is 45.6 Å². The third kappa shape index (κ3) is 6.85. The highest BCUT2D eigenvalue weighted by atomic mass is 32.2. The lowest BCUT2D eigenvalue weighted by molar-refractivity contribution is -0.137. The number of anilines is 2. The van der Waals surface area contributed by atoms with E-state index >= 15 is 0 Å². The molecule has 2 aromatic heterocycles. The first kappa shape index (κ1) is 28.7. The van der Waals surface area contributed by atoms with E-state index in [9.17, 15) is 36.9 Å². The van der Waals surface area contributed by atoms with Crippen molar-refractivity contribution in [2.45, 2.75) is 49.1 Å². The molecule has 4 N–H and O–H groups in total. The molecule has 0 aliphatic carbocycles. The lowest BCUT2D eigenvalue weighted by atomic mass is 9.96. The Balaban J connectivity index is 1.80. The van der Waals surface area contributed by atoms with Gasteiger partial charge in [-0.05, 0) is 49.1 Å². The highest BCUT2D eigenvalue weighted by Gasteiger charge is 2.35. The summed E-state index contributed by atoms with van der Waals surface area (Å²) in [6, 6.07) is 12.6. The number of β-amino-alcohol motifs (C(OH)–C–C–N with tert-alkyl or cyclic N) is 1. The van der Waals surface area contributed by atoms with E-state index in [2.05, 4.69) is 14.7 Å². The fourth-order valence-corrected chi connectivity index (χ4v) is 5.37. The third-order valence-electron chi connectivity index (χ3n) is 6.43. The van der Waals surface area contributed by atoms with Gasteiger partial charge in [-0.15, -0.1) is 0 Å². The van der Waals surface area contributed by atoms with Crippen LogP contribution in [0.5, 0.6) is 0 Å². The number of fused-ring (bicyclic) bond motifs is 6. The molecule has 4 rings (SSSR count). The number of aliphatic hydroxyl groups is 3. The van der Waals surface area contributed by atoms with Gasteiger partial charge in [0.25, 0.3) is 10.0 Å². The quantitative estimate of drug-likeness (QED) is 0.378. The molecule has 13 heteroatoms. The average Bonchev–Trinajstić information content (AvgIpc) is 2.90. The molecule has 4 bridgehead atoms. The summed E-state index contributed by atoms with van der Waals surface area (Å²) in [7, 11) is -4.37. The Labute approximate surface area is 224 Å². The maximum Gasteiger partial charge on any atom is 0.418 e. The number of sulfonamides is 1. The Hall–Kier alpha value is -3.26. The number of halogens is 3. The molecule has 39 heavy (non-hydrogen) atoms. The number of aryl methyl sites for hydroxylation is 1. The summed E-state index contributed by atoms with van der Waals surface area (Å²) >= 11 is 0. The summed E-state index contributed by atoms with van der Waals surface area (Å²) < 4.78 is 70.4. The number of rotatable bonds is 4. The maximum atomic E-state index is 13.9. The Morgan fingerprint density at radius 1 is 0.949 bits per heavy atom. The van der Waals surface area contributed by atoms with Crippen molar-refractivity contribution in [2.75, 3.05) is 29.3 Å². The number of pyridine rings is 2. The topological polar surface area (TPSA) is 136 Å². The largest absolute Gasteiger partial charge is 0.418 e. The predicted octanol–water partition coefficient (Wildman–Crippen LogP) is 3.21. The highest BCUT2D eigenvalue weighted by Crippen LogP contribution is 2.38. The van der Waals surface area contributed by atoms with Crippen molar-refractivity contribution in [2.24, 2.45) is 0 Å². The van der Waals surface area contributed by atoms with Crippen molar-refractivity contribution in [1.82, 2.24) is 9.97 Å². The van der Waals surface area contributed by atoms with E-state index in [0.717, 1.165) is 12.1 Å². The van der Waals surface area contributed by atoms with Gasteiger partial charge in [-0.25, -0.2) is 9.97 Å². The van der Waals surface area contributed by atoms with Crippen LogP contribution in [-0.4, -0.2) is 65.6 Å². The second-order valence-electron chi connectivity index (χ2n) is 9.26. The Kier molecular flexibility index (Phi) is 8.74. The van der Waals surface area contributed by atoms with Gasteiger partial charge in [0.05, 0.1) is 24.0 Å². The second-order valence-corrected chi connectivity index (χ2v) is 10.9. The highest BCUT2D eigenvalue weighted by molar-refractivity contribution is 7.92. The molecule has 0 fully saturated rings. The Bertz CT molecular complexity index is 1400. The van der Waals surface area contributed by atoms with Crippen LogP contribution in [-0.2, 0) is 22.6 Å². The molecule has 1 aliphatic heterocycles. The van der Waals surface area contributed by atoms with Crippen LogP contribution in [0.4, 0.5) is 24.8 Å². The minimum atomic E-state index is -4.71. The summed E-state index contributed by atoms with van der Waals surface area (Å²) in [5, 5.41) is 29.0. The summed E-state index contributed by atoms with van der Waals surface area (Å²) in [6.45, 7) is -0.416. The molecule has 1 aliphatic rings. The third-order valence-corrected chi connectivity index (χ3v) is 7.69. The van der Waals surface area contributed by atoms with Crippen LogP contribution in [0, 0.1) is 0 Å². The molecule has 1 aromatic carbocycles. The van der Waals surface area contributed by atoms with Crippen molar-refractivity contribution in [3.63, 3.8) is 0 Å². The van der Waals surface area contributed by atoms with Crippen LogP contribution in [0.1, 0.15) is 30.4 Å². The van der Waals surface area contributed by atoms with E-state index in [-0.39, 0.29) is 29.4 Å². The molecule has 0 saturated carbocycles. The van der Waals surface area contributed by atoms with E-state index in [4.69, 9.17) is 0 Å². The molecular weight excluding hydrogens is 537 g/mol. The van der Waals surface area contributed by atoms with Crippen molar-refractivity contribution in [1.29, 1.82) is 0 Å². The number of benzene rings is 1. The molecule has 3 aromatic rings. The van der Waals surface area contributed by atoms with Gasteiger partial charge in [-0.2, -0.15) is 21.6 Å². The normalized spacial score (nSPS) is 17.5. The van der Waals surface area contributed by atoms with Crippen LogP contribution < -0.4 is 9.62 Å². The molecular formula is C26H29F3N4O5S. The van der Waals surface area contributed by atoms with Gasteiger partial charge in [0.2, 0.25) is 0 Å². The van der Waals surface area contributed by atoms with Crippen molar-refractivity contribution in [3.8, 4) is 11.3 Å². The monoisotopic (exact) mass is 566 g/mol. The molecule has 0 amide bonds. The Morgan fingerprint density at radius 2 is 1.72 bits per heavy atom. The maximum absolute atomic E-state index is 13.9. The van der Waals surface area contributed by atoms with Crippen molar-refractivity contribution < 1.29 is 36.9 Å². The van der Waals surface area contributed by atoms with Crippen molar-refractivity contribution >= 4 is 21.7 Å². The minimum Gasteiger partial charge on any atom is -0.394 e. The molecule has 3 heterocycles. The first-order valence-electron chi connectivity index (χ1n) is 12.4. The SMILES string of the molecule is O=S1(=O)Nc2ccc(C(F)(F)F)c(n2)-c2ccccc2CCCCCN(C[C@H](O)[C@@H](O)CO)c2cccc1n2. The summed E-state index contributed by atoms with van der Waals surface area (Å²) in [5.41, 5.74) is -0.429. The van der Waals surface area contributed by atoms with E-state index in [1.165, 1.54) is 18.2 Å². The lowest BCUT2D eigenvalue weighted by Crippen LogP contribution is -2.41. The molecule has 0 unspecified atom stereocenters. The Morgan fingerprint density at radius 3 is 2.46 bits per heavy atom. The van der Waals surface area contributed by atoms with Gasteiger partial charge in [0.15, 0.2) is 5.03 Å². The first-order chi connectivity index (χ1) is 18.5.